The molecule has 0 aliphatic heterocycles. The van der Waals surface area contributed by atoms with Crippen LogP contribution in [-0.2, 0) is 30.6 Å². The van der Waals surface area contributed by atoms with Crippen LogP contribution in [0.25, 0.3) is 0 Å². The number of carbonyl (C=O) groups excluding carboxylic acids is 1. The second kappa shape index (κ2) is 5.83. The molecule has 0 saturated carbocycles. The van der Waals surface area contributed by atoms with Gasteiger partial charge in [0.05, 0.1) is 6.42 Å². The van der Waals surface area contributed by atoms with Gasteiger partial charge in [0.25, 0.3) is 0 Å². The Morgan fingerprint density at radius 3 is 2.89 bits per heavy atom. The van der Waals surface area contributed by atoms with E-state index in [0.717, 1.165) is 5.82 Å². The van der Waals surface area contributed by atoms with Gasteiger partial charge in [0, 0.05) is 25.5 Å². The van der Waals surface area contributed by atoms with E-state index in [4.69, 9.17) is 21.9 Å². The molecule has 0 aliphatic carbocycles. The molecule has 0 unspecified atom stereocenters. The van der Waals surface area contributed by atoms with E-state index in [-0.39, 0.29) is 6.42 Å². The first-order valence-electron chi connectivity index (χ1n) is 5.90. The lowest BCUT2D eigenvalue weighted by Gasteiger charge is -2.00. The van der Waals surface area contributed by atoms with Gasteiger partial charge < -0.3 is 10.3 Å². The zero-order valence-corrected chi connectivity index (χ0v) is 11.2. The van der Waals surface area contributed by atoms with Crippen LogP contribution in [0, 0.1) is 0 Å². The number of nitrogens with two attached hydrogens (primary N) is 1. The van der Waals surface area contributed by atoms with E-state index in [0.29, 0.717) is 36.1 Å². The third-order valence-electron chi connectivity index (χ3n) is 2.55. The lowest BCUT2D eigenvalue weighted by atomic mass is 10.2. The molecule has 0 fully saturated rings. The van der Waals surface area contributed by atoms with Gasteiger partial charge in [-0.05, 0) is 6.92 Å². The molecule has 0 saturated heterocycles. The molecule has 0 bridgehead atoms. The van der Waals surface area contributed by atoms with Gasteiger partial charge in [-0.25, -0.2) is 4.98 Å². The summed E-state index contributed by atoms with van der Waals surface area (Å²) in [5.41, 5.74) is 5.13. The molecule has 1 amide bonds. The fourth-order valence-corrected chi connectivity index (χ4v) is 1.89. The largest absolute Gasteiger partial charge is 0.369 e. The molecule has 2 aromatic heterocycles. The molecule has 2 rings (SSSR count). The minimum atomic E-state index is -0.443. The Morgan fingerprint density at radius 1 is 1.53 bits per heavy atom. The first-order chi connectivity index (χ1) is 9.08. The third kappa shape index (κ3) is 3.54. The number of halogens is 1. The van der Waals surface area contributed by atoms with Crippen molar-refractivity contribution in [2.45, 2.75) is 32.7 Å². The van der Waals surface area contributed by atoms with E-state index in [1.807, 2.05) is 6.92 Å². The fraction of sp³-hybridized carbons (Fsp3) is 0.455. The van der Waals surface area contributed by atoms with Crippen molar-refractivity contribution < 1.29 is 9.32 Å². The smallest absolute Gasteiger partial charge is 0.225 e. The summed E-state index contributed by atoms with van der Waals surface area (Å²) in [5.74, 6) is 1.47. The van der Waals surface area contributed by atoms with Crippen molar-refractivity contribution in [2.75, 3.05) is 0 Å². The number of nitrogens with zero attached hydrogens (tertiary/aromatic N) is 4. The minimum absolute atomic E-state index is 0.0497. The summed E-state index contributed by atoms with van der Waals surface area (Å²) in [6.07, 6.45) is 1.30. The number of hydrogen-bond donors (Lipinski definition) is 1. The van der Waals surface area contributed by atoms with Crippen LogP contribution in [0.3, 0.4) is 0 Å². The van der Waals surface area contributed by atoms with Gasteiger partial charge in [-0.3, -0.25) is 9.48 Å². The molecule has 0 spiro atoms. The normalized spacial score (nSPS) is 10.8. The van der Waals surface area contributed by atoms with Gasteiger partial charge in [0.15, 0.2) is 11.0 Å². The molecule has 102 valence electrons. The molecular formula is C11H14ClN5O2. The monoisotopic (exact) mass is 283 g/mol. The quantitative estimate of drug-likeness (QED) is 0.843. The first kappa shape index (κ1) is 13.5. The Hall–Kier alpha value is -1.89. The molecule has 2 heterocycles. The Bertz CT molecular complexity index is 577. The van der Waals surface area contributed by atoms with Crippen LogP contribution in [0.2, 0.25) is 5.15 Å². The van der Waals surface area contributed by atoms with E-state index >= 15 is 0 Å². The average molecular weight is 284 g/mol. The van der Waals surface area contributed by atoms with E-state index in [1.54, 1.807) is 10.7 Å². The Morgan fingerprint density at radius 2 is 2.32 bits per heavy atom. The lowest BCUT2D eigenvalue weighted by molar-refractivity contribution is -0.117. The SMILES string of the molecule is CCn1nc(CC(N)=O)nc1CCc1cc(Cl)no1. The number of amides is 1. The molecule has 0 aliphatic rings. The van der Waals surface area contributed by atoms with Crippen molar-refractivity contribution in [1.29, 1.82) is 0 Å². The molecular weight excluding hydrogens is 270 g/mol. The maximum atomic E-state index is 10.9. The summed E-state index contributed by atoms with van der Waals surface area (Å²) in [6, 6.07) is 1.67. The van der Waals surface area contributed by atoms with Gasteiger partial charge in [-0.1, -0.05) is 16.8 Å². The van der Waals surface area contributed by atoms with Crippen LogP contribution in [0.5, 0.6) is 0 Å². The topological polar surface area (TPSA) is 99.8 Å². The van der Waals surface area contributed by atoms with Crippen molar-refractivity contribution >= 4 is 17.5 Å². The number of aromatic nitrogens is 4. The Balaban J connectivity index is 2.06. The number of rotatable bonds is 6. The molecule has 0 radical (unpaired) electrons. The maximum absolute atomic E-state index is 10.9. The predicted molar refractivity (Wildman–Crippen MR) is 67.5 cm³/mol. The number of primary amides is 1. The van der Waals surface area contributed by atoms with Gasteiger partial charge in [-0.15, -0.1) is 0 Å². The summed E-state index contributed by atoms with van der Waals surface area (Å²) < 4.78 is 6.76. The summed E-state index contributed by atoms with van der Waals surface area (Å²) in [4.78, 5) is 15.2. The molecule has 19 heavy (non-hydrogen) atoms. The molecule has 0 aromatic carbocycles. The second-order valence-electron chi connectivity index (χ2n) is 4.02. The molecule has 2 aromatic rings. The number of carbonyl (C=O) groups is 1. The highest BCUT2D eigenvalue weighted by molar-refractivity contribution is 6.29. The predicted octanol–water partition coefficient (Wildman–Crippen LogP) is 0.752. The van der Waals surface area contributed by atoms with E-state index < -0.39 is 5.91 Å². The average Bonchev–Trinajstić information content (AvgIpc) is 2.92. The van der Waals surface area contributed by atoms with E-state index in [9.17, 15) is 4.79 Å². The van der Waals surface area contributed by atoms with Crippen LogP contribution in [-0.4, -0.2) is 25.8 Å². The highest BCUT2D eigenvalue weighted by Gasteiger charge is 2.12. The maximum Gasteiger partial charge on any atom is 0.225 e. The Kier molecular flexibility index (Phi) is 4.16. The van der Waals surface area contributed by atoms with Crippen molar-refractivity contribution in [2.24, 2.45) is 5.73 Å². The van der Waals surface area contributed by atoms with Crippen LogP contribution in [0.15, 0.2) is 10.6 Å². The van der Waals surface area contributed by atoms with Crippen molar-refractivity contribution in [3.8, 4) is 0 Å². The third-order valence-corrected chi connectivity index (χ3v) is 2.73. The molecule has 8 heteroatoms. The fourth-order valence-electron chi connectivity index (χ4n) is 1.74. The van der Waals surface area contributed by atoms with E-state index in [2.05, 4.69) is 15.2 Å². The van der Waals surface area contributed by atoms with Gasteiger partial charge >= 0.3 is 0 Å². The lowest BCUT2D eigenvalue weighted by Crippen LogP contribution is -2.14. The summed E-state index contributed by atoms with van der Waals surface area (Å²) in [5, 5.41) is 8.16. The van der Waals surface area contributed by atoms with Gasteiger partial charge in [0.2, 0.25) is 5.91 Å². The van der Waals surface area contributed by atoms with Crippen molar-refractivity contribution in [3.05, 3.63) is 28.6 Å². The number of aryl methyl sites for hydroxylation is 3. The highest BCUT2D eigenvalue weighted by atomic mass is 35.5. The highest BCUT2D eigenvalue weighted by Crippen LogP contribution is 2.11. The van der Waals surface area contributed by atoms with E-state index in [1.165, 1.54) is 0 Å². The number of hydrogen-bond acceptors (Lipinski definition) is 5. The zero-order chi connectivity index (χ0) is 13.8. The summed E-state index contributed by atoms with van der Waals surface area (Å²) in [7, 11) is 0. The second-order valence-corrected chi connectivity index (χ2v) is 4.41. The van der Waals surface area contributed by atoms with Gasteiger partial charge in [0.1, 0.15) is 11.6 Å². The van der Waals surface area contributed by atoms with Crippen molar-refractivity contribution in [1.82, 2.24) is 19.9 Å². The Labute approximate surface area is 114 Å². The molecule has 2 N–H and O–H groups in total. The van der Waals surface area contributed by atoms with Crippen molar-refractivity contribution in [3.63, 3.8) is 0 Å². The minimum Gasteiger partial charge on any atom is -0.369 e. The first-order valence-corrected chi connectivity index (χ1v) is 6.28. The molecule has 7 nitrogen and oxygen atoms in total. The van der Waals surface area contributed by atoms with Crippen LogP contribution >= 0.6 is 11.6 Å². The molecule has 0 atom stereocenters. The van der Waals surface area contributed by atoms with Crippen LogP contribution < -0.4 is 5.73 Å². The zero-order valence-electron chi connectivity index (χ0n) is 10.5. The van der Waals surface area contributed by atoms with Crippen LogP contribution in [0.4, 0.5) is 0 Å². The van der Waals surface area contributed by atoms with Gasteiger partial charge in [-0.2, -0.15) is 5.10 Å². The van der Waals surface area contributed by atoms with Crippen LogP contribution in [0.1, 0.15) is 24.3 Å². The summed E-state index contributed by atoms with van der Waals surface area (Å²) in [6.45, 7) is 2.63. The summed E-state index contributed by atoms with van der Waals surface area (Å²) >= 11 is 5.67. The standard InChI is InChI=1S/C11H14ClN5O2/c1-2-17-11(14-10(15-17)6-9(13)18)4-3-7-5-8(12)16-19-7/h5H,2-4,6H2,1H3,(H2,13,18).